The van der Waals surface area contributed by atoms with Gasteiger partial charge in [0.25, 0.3) is 17.7 Å². The van der Waals surface area contributed by atoms with Gasteiger partial charge in [0.15, 0.2) is 0 Å². The summed E-state index contributed by atoms with van der Waals surface area (Å²) in [5, 5.41) is 5.73. The van der Waals surface area contributed by atoms with E-state index in [9.17, 15) is 22.8 Å². The molecule has 3 N–H and O–H groups in total. The maximum absolute atomic E-state index is 13.1. The fourth-order valence-electron chi connectivity index (χ4n) is 7.29. The number of benzene rings is 4. The Morgan fingerprint density at radius 1 is 0.597 bits per heavy atom. The number of likely N-dealkylation sites (tertiary alicyclic amines) is 1. The van der Waals surface area contributed by atoms with E-state index < -0.39 is 10.0 Å². The molecule has 4 heterocycles. The number of anilines is 4. The fraction of sp³-hybridized carbons (Fsp3) is 0.255. The number of amides is 3. The molecule has 2 aliphatic rings. The Bertz CT molecular complexity index is 2690. The van der Waals surface area contributed by atoms with Crippen LogP contribution < -0.4 is 20.3 Å². The first-order valence-corrected chi connectivity index (χ1v) is 22.5. The average Bonchev–Trinajstić information content (AvgIpc) is 3.83. The van der Waals surface area contributed by atoms with Gasteiger partial charge in [-0.25, -0.2) is 18.4 Å². The molecule has 6 aromatic rings. The van der Waals surface area contributed by atoms with Crippen molar-refractivity contribution < 1.29 is 29.9 Å². The molecule has 2 aromatic heterocycles. The van der Waals surface area contributed by atoms with Crippen molar-refractivity contribution in [2.45, 2.75) is 46.0 Å². The molecule has 62 heavy (non-hydrogen) atoms. The standard InChI is InChI=1S/C28H31N5O2.C19H18N4O3S.5H2/c1-20-26(27(34)30-23-10-12-24(13-11-23)32-14-5-6-15-32)31-25(19-29-20)21-8-7-9-22(18-21)28(35)33-16-3-2-4-17-33;1-13-18(19(24)21-15-8-4-3-5-9-15)22-17(12-20-13)14-7-6-10-16(11-14)23-27(2,25)26;;;;;/h7-13,18-19H,2-6,14-17H2,1H3,(H,30,34);3-12,23H,1-2H3,(H,21,24);5*1H. The van der Waals surface area contributed by atoms with Gasteiger partial charge in [-0.3, -0.25) is 29.1 Å². The Kier molecular flexibility index (Phi) is 13.6. The lowest BCUT2D eigenvalue weighted by molar-refractivity contribution is 0.0724. The summed E-state index contributed by atoms with van der Waals surface area (Å²) in [6.07, 6.45) is 10.0. The predicted octanol–water partition coefficient (Wildman–Crippen LogP) is 9.24. The third-order valence-electron chi connectivity index (χ3n) is 10.5. The zero-order chi connectivity index (χ0) is 43.6. The zero-order valence-electron chi connectivity index (χ0n) is 35.0. The summed E-state index contributed by atoms with van der Waals surface area (Å²) in [7, 11) is -3.39. The van der Waals surface area contributed by atoms with E-state index in [1.165, 1.54) is 24.9 Å². The third kappa shape index (κ3) is 11.2. The summed E-state index contributed by atoms with van der Waals surface area (Å²) in [6.45, 7) is 7.25. The number of hydrogen-bond donors (Lipinski definition) is 3. The van der Waals surface area contributed by atoms with Crippen LogP contribution in [-0.2, 0) is 10.0 Å². The van der Waals surface area contributed by atoms with Gasteiger partial charge in [-0.15, -0.1) is 0 Å². The number of nitrogens with zero attached hydrogens (tertiary/aromatic N) is 6. The van der Waals surface area contributed by atoms with Gasteiger partial charge >= 0.3 is 0 Å². The van der Waals surface area contributed by atoms with Gasteiger partial charge < -0.3 is 20.4 Å². The number of rotatable bonds is 10. The van der Waals surface area contributed by atoms with Crippen LogP contribution in [0.4, 0.5) is 22.7 Å². The highest BCUT2D eigenvalue weighted by molar-refractivity contribution is 7.92. The van der Waals surface area contributed by atoms with Crippen molar-refractivity contribution in [3.8, 4) is 22.5 Å². The first-order chi connectivity index (χ1) is 29.9. The number of para-hydroxylation sites is 1. The second-order valence-electron chi connectivity index (χ2n) is 15.3. The molecule has 0 bridgehead atoms. The number of aryl methyl sites for hydroxylation is 2. The molecule has 0 spiro atoms. The van der Waals surface area contributed by atoms with E-state index in [1.807, 2.05) is 71.6 Å². The molecule has 15 heteroatoms. The smallest absolute Gasteiger partial charge is 0.276 e. The van der Waals surface area contributed by atoms with E-state index in [2.05, 4.69) is 40.2 Å². The molecule has 8 rings (SSSR count). The molecule has 0 saturated carbocycles. The van der Waals surface area contributed by atoms with Crippen molar-refractivity contribution >= 4 is 50.5 Å². The molecule has 3 amide bonds. The second-order valence-corrected chi connectivity index (χ2v) is 17.0. The summed E-state index contributed by atoms with van der Waals surface area (Å²) in [6, 6.07) is 31.2. The van der Waals surface area contributed by atoms with E-state index in [0.29, 0.717) is 45.3 Å². The Hall–Kier alpha value is -7.00. The number of aromatic nitrogens is 4. The predicted molar refractivity (Wildman–Crippen MR) is 253 cm³/mol. The topological polar surface area (TPSA) is 179 Å². The average molecular weight is 862 g/mol. The summed E-state index contributed by atoms with van der Waals surface area (Å²) in [5.41, 5.74) is 7.59. The van der Waals surface area contributed by atoms with Crippen LogP contribution >= 0.6 is 0 Å². The number of piperidine rings is 1. The van der Waals surface area contributed by atoms with E-state index >= 15 is 0 Å². The molecule has 328 valence electrons. The Labute approximate surface area is 369 Å². The quantitative estimate of drug-likeness (QED) is 0.120. The van der Waals surface area contributed by atoms with Crippen LogP contribution in [0, 0.1) is 13.8 Å². The molecular weight excluding hydrogens is 803 g/mol. The van der Waals surface area contributed by atoms with Crippen LogP contribution in [-0.4, -0.2) is 83.4 Å². The molecule has 14 nitrogen and oxygen atoms in total. The lowest BCUT2D eigenvalue weighted by Crippen LogP contribution is -2.35. The fourth-order valence-corrected chi connectivity index (χ4v) is 7.84. The molecule has 0 unspecified atom stereocenters. The Morgan fingerprint density at radius 2 is 1.11 bits per heavy atom. The van der Waals surface area contributed by atoms with Crippen molar-refractivity contribution in [2.75, 3.05) is 52.7 Å². The number of nitrogens with one attached hydrogen (secondary N) is 3. The highest BCUT2D eigenvalue weighted by atomic mass is 32.2. The summed E-state index contributed by atoms with van der Waals surface area (Å²) >= 11 is 0. The van der Waals surface area contributed by atoms with Gasteiger partial charge in [0, 0.05) is 72.8 Å². The van der Waals surface area contributed by atoms with Crippen LogP contribution in [0.2, 0.25) is 0 Å². The van der Waals surface area contributed by atoms with Crippen molar-refractivity contribution in [3.63, 3.8) is 0 Å². The SMILES string of the molecule is Cc1ncc(-c2cccc(C(=O)N3CCCCC3)c2)nc1C(=O)Nc1ccc(N2CCCC2)cc1.Cc1ncc(-c2cccc(NS(C)(=O)=O)c2)nc1C(=O)Nc1ccccc1.[HH].[HH].[HH].[HH].[HH]. The minimum Gasteiger partial charge on any atom is -0.372 e. The molecule has 0 atom stereocenters. The van der Waals surface area contributed by atoms with Gasteiger partial charge in [0.05, 0.1) is 41.4 Å². The summed E-state index contributed by atoms with van der Waals surface area (Å²) in [5.74, 6) is -0.619. The summed E-state index contributed by atoms with van der Waals surface area (Å²) < 4.78 is 25.3. The molecule has 2 aliphatic heterocycles. The molecule has 0 radical (unpaired) electrons. The van der Waals surface area contributed by atoms with Gasteiger partial charge in [-0.1, -0.05) is 42.5 Å². The van der Waals surface area contributed by atoms with Gasteiger partial charge in [0.2, 0.25) is 10.0 Å². The van der Waals surface area contributed by atoms with E-state index in [4.69, 9.17) is 0 Å². The highest BCUT2D eigenvalue weighted by Crippen LogP contribution is 2.25. The first-order valence-electron chi connectivity index (χ1n) is 20.6. The van der Waals surface area contributed by atoms with Gasteiger partial charge in [0.1, 0.15) is 11.4 Å². The number of hydrogen-bond acceptors (Lipinski definition) is 10. The van der Waals surface area contributed by atoms with E-state index in [-0.39, 0.29) is 36.2 Å². The van der Waals surface area contributed by atoms with Crippen LogP contribution in [0.1, 0.15) is 82.0 Å². The van der Waals surface area contributed by atoms with Crippen molar-refractivity contribution in [1.29, 1.82) is 0 Å². The Morgan fingerprint density at radius 3 is 1.69 bits per heavy atom. The van der Waals surface area contributed by atoms with Crippen LogP contribution in [0.25, 0.3) is 22.5 Å². The molecule has 2 fully saturated rings. The molecule has 4 aromatic carbocycles. The maximum atomic E-state index is 13.1. The van der Waals surface area contributed by atoms with Crippen molar-refractivity contribution in [2.24, 2.45) is 0 Å². The minimum atomic E-state index is -3.39. The zero-order valence-corrected chi connectivity index (χ0v) is 35.8. The number of carbonyl (C=O) groups is 3. The Balaban J connectivity index is 0.000000441. The van der Waals surface area contributed by atoms with Crippen molar-refractivity contribution in [3.05, 3.63) is 144 Å². The molecular formula is C47H59N9O5S. The molecule has 2 saturated heterocycles. The lowest BCUT2D eigenvalue weighted by atomic mass is 10.1. The monoisotopic (exact) mass is 861 g/mol. The third-order valence-corrected chi connectivity index (χ3v) is 11.1. The van der Waals surface area contributed by atoms with Crippen molar-refractivity contribution in [1.82, 2.24) is 24.8 Å². The number of sulfonamides is 1. The summed E-state index contributed by atoms with van der Waals surface area (Å²) in [4.78, 5) is 60.6. The second kappa shape index (κ2) is 19.6. The van der Waals surface area contributed by atoms with Gasteiger partial charge in [-0.05, 0) is 107 Å². The first kappa shape index (κ1) is 43.1. The highest BCUT2D eigenvalue weighted by Gasteiger charge is 2.21. The van der Waals surface area contributed by atoms with Crippen LogP contribution in [0.15, 0.2) is 116 Å². The van der Waals surface area contributed by atoms with Crippen LogP contribution in [0.3, 0.4) is 0 Å². The van der Waals surface area contributed by atoms with E-state index in [0.717, 1.165) is 56.5 Å². The normalized spacial score (nSPS) is 13.7. The molecule has 0 aliphatic carbocycles. The lowest BCUT2D eigenvalue weighted by Gasteiger charge is -2.26. The maximum Gasteiger partial charge on any atom is 0.276 e. The largest absolute Gasteiger partial charge is 0.372 e. The van der Waals surface area contributed by atoms with E-state index in [1.54, 1.807) is 62.6 Å². The number of carbonyl (C=O) groups excluding carboxylic acids is 3. The van der Waals surface area contributed by atoms with Crippen LogP contribution in [0.5, 0.6) is 0 Å². The minimum absolute atomic E-state index is 0. The van der Waals surface area contributed by atoms with Gasteiger partial charge in [-0.2, -0.15) is 0 Å².